The van der Waals surface area contributed by atoms with Crippen LogP contribution in [0, 0.1) is 0 Å². The van der Waals surface area contributed by atoms with Gasteiger partial charge in [0.05, 0.1) is 0 Å². The van der Waals surface area contributed by atoms with Crippen molar-refractivity contribution in [1.82, 2.24) is 9.88 Å². The summed E-state index contributed by atoms with van der Waals surface area (Å²) < 4.78 is 6.59. The van der Waals surface area contributed by atoms with E-state index in [1.807, 2.05) is 29.9 Å². The molecule has 14 heavy (non-hydrogen) atoms. The lowest BCUT2D eigenvalue weighted by Gasteiger charge is -2.05. The molecule has 0 saturated heterocycles. The van der Waals surface area contributed by atoms with Gasteiger partial charge >= 0.3 is 6.09 Å². The molecule has 1 aromatic rings. The first kappa shape index (κ1) is 10.6. The van der Waals surface area contributed by atoms with Crippen molar-refractivity contribution in [3.05, 3.63) is 24.0 Å². The lowest BCUT2D eigenvalue weighted by Crippen LogP contribution is -2.23. The second kappa shape index (κ2) is 5.29. The number of nitrogens with two attached hydrogens (primary N) is 1. The summed E-state index contributed by atoms with van der Waals surface area (Å²) >= 11 is 0. The number of hydrogen-bond acceptors (Lipinski definition) is 3. The normalized spacial score (nSPS) is 10.1. The highest BCUT2D eigenvalue weighted by Gasteiger charge is 1.96. The number of hydrogen-bond donors (Lipinski definition) is 2. The highest BCUT2D eigenvalue weighted by atomic mass is 16.5. The molecule has 1 amide bonds. The minimum atomic E-state index is -0.731. The molecule has 0 bridgehead atoms. The Kier molecular flexibility index (Phi) is 4.00. The molecule has 0 spiro atoms. The predicted molar refractivity (Wildman–Crippen MR) is 52.7 cm³/mol. The molecule has 78 valence electrons. The van der Waals surface area contributed by atoms with Gasteiger partial charge < -0.3 is 20.4 Å². The third-order valence-corrected chi connectivity index (χ3v) is 1.88. The fourth-order valence-corrected chi connectivity index (χ4v) is 1.12. The van der Waals surface area contributed by atoms with Crippen LogP contribution in [0.3, 0.4) is 0 Å². The lowest BCUT2D eigenvalue weighted by molar-refractivity contribution is 0.157. The van der Waals surface area contributed by atoms with Crippen LogP contribution < -0.4 is 11.1 Å². The van der Waals surface area contributed by atoms with E-state index in [0.29, 0.717) is 13.2 Å². The van der Waals surface area contributed by atoms with Gasteiger partial charge in [-0.3, -0.25) is 0 Å². The SMILES string of the molecule is Cn1cccc1CNCCOC(N)=O. The zero-order valence-electron chi connectivity index (χ0n) is 8.19. The van der Waals surface area contributed by atoms with E-state index in [1.165, 1.54) is 5.69 Å². The van der Waals surface area contributed by atoms with E-state index in [0.717, 1.165) is 6.54 Å². The van der Waals surface area contributed by atoms with Crippen LogP contribution in [-0.2, 0) is 18.3 Å². The second-order valence-corrected chi connectivity index (χ2v) is 2.95. The summed E-state index contributed by atoms with van der Waals surface area (Å²) in [6.45, 7) is 1.67. The minimum Gasteiger partial charge on any atom is -0.448 e. The van der Waals surface area contributed by atoms with Gasteiger partial charge in [0, 0.05) is 32.0 Å². The van der Waals surface area contributed by atoms with Crippen molar-refractivity contribution < 1.29 is 9.53 Å². The Balaban J connectivity index is 2.10. The average Bonchev–Trinajstić information content (AvgIpc) is 2.51. The third kappa shape index (κ3) is 3.49. The van der Waals surface area contributed by atoms with E-state index in [-0.39, 0.29) is 0 Å². The molecule has 3 N–H and O–H groups in total. The average molecular weight is 197 g/mol. The van der Waals surface area contributed by atoms with Crippen molar-refractivity contribution >= 4 is 6.09 Å². The first-order chi connectivity index (χ1) is 6.70. The van der Waals surface area contributed by atoms with Gasteiger partial charge in [0.2, 0.25) is 0 Å². The van der Waals surface area contributed by atoms with Crippen LogP contribution in [0.1, 0.15) is 5.69 Å². The second-order valence-electron chi connectivity index (χ2n) is 2.95. The fraction of sp³-hybridized carbons (Fsp3) is 0.444. The molecular weight excluding hydrogens is 182 g/mol. The molecule has 0 unspecified atom stereocenters. The monoisotopic (exact) mass is 197 g/mol. The van der Waals surface area contributed by atoms with Gasteiger partial charge in [-0.25, -0.2) is 4.79 Å². The number of aromatic nitrogens is 1. The van der Waals surface area contributed by atoms with E-state index in [9.17, 15) is 4.79 Å². The van der Waals surface area contributed by atoms with E-state index >= 15 is 0 Å². The highest BCUT2D eigenvalue weighted by molar-refractivity contribution is 5.64. The summed E-state index contributed by atoms with van der Waals surface area (Å²) in [5, 5.41) is 3.13. The molecule has 0 radical (unpaired) electrons. The first-order valence-corrected chi connectivity index (χ1v) is 4.43. The maximum atomic E-state index is 10.2. The standard InChI is InChI=1S/C9H15N3O2/c1-12-5-2-3-8(12)7-11-4-6-14-9(10)13/h2-3,5,11H,4,6-7H2,1H3,(H2,10,13). The van der Waals surface area contributed by atoms with Crippen molar-refractivity contribution in [2.24, 2.45) is 12.8 Å². The van der Waals surface area contributed by atoms with Gasteiger partial charge in [-0.05, 0) is 12.1 Å². The number of primary amides is 1. The number of amides is 1. The number of rotatable bonds is 5. The summed E-state index contributed by atoms with van der Waals surface area (Å²) in [6, 6.07) is 4.01. The summed E-state index contributed by atoms with van der Waals surface area (Å²) in [4.78, 5) is 10.2. The van der Waals surface area contributed by atoms with Crippen molar-refractivity contribution in [2.45, 2.75) is 6.54 Å². The number of carbonyl (C=O) groups excluding carboxylic acids is 1. The van der Waals surface area contributed by atoms with Crippen LogP contribution in [0.4, 0.5) is 4.79 Å². The van der Waals surface area contributed by atoms with Crippen molar-refractivity contribution in [1.29, 1.82) is 0 Å². The number of carbonyl (C=O) groups is 1. The maximum Gasteiger partial charge on any atom is 0.404 e. The number of nitrogens with one attached hydrogen (secondary N) is 1. The zero-order chi connectivity index (χ0) is 10.4. The Morgan fingerprint density at radius 1 is 1.71 bits per heavy atom. The molecule has 0 aliphatic heterocycles. The molecule has 0 aliphatic rings. The third-order valence-electron chi connectivity index (χ3n) is 1.88. The molecule has 1 rings (SSSR count). The maximum absolute atomic E-state index is 10.2. The van der Waals surface area contributed by atoms with Crippen molar-refractivity contribution in [3.63, 3.8) is 0 Å². The molecule has 0 aliphatic carbocycles. The predicted octanol–water partition coefficient (Wildman–Crippen LogP) is 0.210. The van der Waals surface area contributed by atoms with Crippen LogP contribution in [0.2, 0.25) is 0 Å². The zero-order valence-corrected chi connectivity index (χ0v) is 8.19. The van der Waals surface area contributed by atoms with Gasteiger partial charge in [-0.2, -0.15) is 0 Å². The van der Waals surface area contributed by atoms with Crippen LogP contribution in [0.25, 0.3) is 0 Å². The van der Waals surface area contributed by atoms with E-state index in [1.54, 1.807) is 0 Å². The lowest BCUT2D eigenvalue weighted by atomic mass is 10.4. The molecule has 0 fully saturated rings. The Labute approximate surface area is 82.8 Å². The van der Waals surface area contributed by atoms with E-state index in [4.69, 9.17) is 5.73 Å². The van der Waals surface area contributed by atoms with Crippen molar-refractivity contribution in [2.75, 3.05) is 13.2 Å². The molecular formula is C9H15N3O2. The van der Waals surface area contributed by atoms with E-state index in [2.05, 4.69) is 10.1 Å². The smallest absolute Gasteiger partial charge is 0.404 e. The van der Waals surface area contributed by atoms with Crippen LogP contribution in [0.15, 0.2) is 18.3 Å². The first-order valence-electron chi connectivity index (χ1n) is 4.43. The summed E-state index contributed by atoms with van der Waals surface area (Å²) in [5.74, 6) is 0. The Morgan fingerprint density at radius 2 is 2.50 bits per heavy atom. The largest absolute Gasteiger partial charge is 0.448 e. The van der Waals surface area contributed by atoms with Crippen LogP contribution >= 0.6 is 0 Å². The quantitative estimate of drug-likeness (QED) is 0.663. The molecule has 1 heterocycles. The Morgan fingerprint density at radius 3 is 3.07 bits per heavy atom. The molecule has 0 atom stereocenters. The number of ether oxygens (including phenoxy) is 1. The molecule has 0 aromatic carbocycles. The van der Waals surface area contributed by atoms with E-state index < -0.39 is 6.09 Å². The van der Waals surface area contributed by atoms with Crippen LogP contribution in [-0.4, -0.2) is 23.8 Å². The summed E-state index contributed by atoms with van der Waals surface area (Å²) in [5.41, 5.74) is 5.98. The topological polar surface area (TPSA) is 69.3 Å². The Hall–Kier alpha value is -1.49. The minimum absolute atomic E-state index is 0.305. The van der Waals surface area contributed by atoms with Gasteiger partial charge in [0.1, 0.15) is 6.61 Å². The number of nitrogens with zero attached hydrogens (tertiary/aromatic N) is 1. The molecule has 5 heteroatoms. The highest BCUT2D eigenvalue weighted by Crippen LogP contribution is 1.97. The van der Waals surface area contributed by atoms with Gasteiger partial charge in [0.25, 0.3) is 0 Å². The molecule has 0 saturated carbocycles. The molecule has 5 nitrogen and oxygen atoms in total. The Bertz CT molecular complexity index is 296. The van der Waals surface area contributed by atoms with Gasteiger partial charge in [-0.1, -0.05) is 0 Å². The fourth-order valence-electron chi connectivity index (χ4n) is 1.12. The van der Waals surface area contributed by atoms with Crippen LogP contribution in [0.5, 0.6) is 0 Å². The summed E-state index contributed by atoms with van der Waals surface area (Å²) in [6.07, 6.45) is 1.25. The van der Waals surface area contributed by atoms with Gasteiger partial charge in [-0.15, -0.1) is 0 Å². The summed E-state index contributed by atoms with van der Waals surface area (Å²) in [7, 11) is 1.98. The number of aryl methyl sites for hydroxylation is 1. The molecule has 1 aromatic heterocycles. The van der Waals surface area contributed by atoms with Crippen molar-refractivity contribution in [3.8, 4) is 0 Å². The van der Waals surface area contributed by atoms with Gasteiger partial charge in [0.15, 0.2) is 0 Å².